The summed E-state index contributed by atoms with van der Waals surface area (Å²) in [6.07, 6.45) is 5.19. The van der Waals surface area contributed by atoms with Crippen molar-refractivity contribution in [3.63, 3.8) is 0 Å². The van der Waals surface area contributed by atoms with E-state index in [1.54, 1.807) is 65.3 Å². The summed E-state index contributed by atoms with van der Waals surface area (Å²) < 4.78 is 65.0. The first-order valence-electron chi connectivity index (χ1n) is 21.4. The van der Waals surface area contributed by atoms with E-state index in [0.29, 0.717) is 84.6 Å². The Hall–Kier alpha value is -6.18. The lowest BCUT2D eigenvalue weighted by Gasteiger charge is -2.47. The Labute approximate surface area is 369 Å². The van der Waals surface area contributed by atoms with Gasteiger partial charge in [0.05, 0.1) is 31.2 Å². The molecule has 10 rings (SSSR count). The van der Waals surface area contributed by atoms with E-state index >= 15 is 17.6 Å². The van der Waals surface area contributed by atoms with Gasteiger partial charge in [-0.3, -0.25) is 39.7 Å². The second kappa shape index (κ2) is 16.7. The number of amides is 5. The first-order valence-corrected chi connectivity index (χ1v) is 22.2. The number of rotatable bonds is 10. The normalized spacial score (nSPS) is 20.7. The number of urea groups is 1. The predicted molar refractivity (Wildman–Crippen MR) is 230 cm³/mol. The highest BCUT2D eigenvalue weighted by molar-refractivity contribution is 7.13. The Bertz CT molecular complexity index is 2640. The molecule has 2 atom stereocenters. The Morgan fingerprint density at radius 3 is 2.42 bits per heavy atom. The number of piperidine rings is 1. The maximum Gasteiger partial charge on any atom is 0.328 e. The molecule has 2 N–H and O–H groups in total. The number of aryl methyl sites for hydroxylation is 1. The second-order valence-corrected chi connectivity index (χ2v) is 17.8. The fraction of sp³-hybridized carbons (Fsp3) is 0.378. The summed E-state index contributed by atoms with van der Waals surface area (Å²) in [5.41, 5.74) is 4.10. The van der Waals surface area contributed by atoms with Crippen LogP contribution < -0.4 is 20.4 Å². The van der Waals surface area contributed by atoms with Gasteiger partial charge in [0.15, 0.2) is 11.2 Å². The predicted octanol–water partition coefficient (Wildman–Crippen LogP) is 6.04. The van der Waals surface area contributed by atoms with Crippen LogP contribution >= 0.6 is 11.3 Å². The van der Waals surface area contributed by atoms with Crippen molar-refractivity contribution in [2.45, 2.75) is 63.3 Å². The van der Waals surface area contributed by atoms with Crippen LogP contribution in [0, 0.1) is 11.6 Å². The number of hydrogen-bond donors (Lipinski definition) is 2. The zero-order valence-electron chi connectivity index (χ0n) is 34.6. The minimum atomic E-state index is -3.02. The van der Waals surface area contributed by atoms with Crippen molar-refractivity contribution in [1.29, 1.82) is 0 Å². The summed E-state index contributed by atoms with van der Waals surface area (Å²) in [6, 6.07) is 11.8. The molecule has 5 aliphatic heterocycles. The molecule has 19 heteroatoms. The third-order valence-corrected chi connectivity index (χ3v) is 13.7. The number of nitrogens with zero attached hydrogens (tertiary/aromatic N) is 8. The van der Waals surface area contributed by atoms with Gasteiger partial charge in [0, 0.05) is 104 Å². The van der Waals surface area contributed by atoms with Crippen LogP contribution in [0.2, 0.25) is 0 Å². The van der Waals surface area contributed by atoms with Gasteiger partial charge in [-0.15, -0.1) is 11.3 Å². The summed E-state index contributed by atoms with van der Waals surface area (Å²) in [5.74, 6) is -5.44. The molecule has 2 unspecified atom stereocenters. The van der Waals surface area contributed by atoms with Gasteiger partial charge in [0.2, 0.25) is 5.91 Å². The van der Waals surface area contributed by atoms with Gasteiger partial charge in [-0.1, -0.05) is 18.2 Å². The van der Waals surface area contributed by atoms with E-state index in [1.165, 1.54) is 33.3 Å². The van der Waals surface area contributed by atoms with Gasteiger partial charge in [0.25, 0.3) is 17.7 Å². The lowest BCUT2D eigenvalue weighted by atomic mass is 9.96. The quantitative estimate of drug-likeness (QED) is 0.161. The maximum atomic E-state index is 16.0. The van der Waals surface area contributed by atoms with Crippen molar-refractivity contribution in [1.82, 2.24) is 34.6 Å². The lowest BCUT2D eigenvalue weighted by Crippen LogP contribution is -2.61. The van der Waals surface area contributed by atoms with Crippen LogP contribution in [0.4, 0.5) is 38.9 Å². The smallest absolute Gasteiger partial charge is 0.328 e. The van der Waals surface area contributed by atoms with Crippen LogP contribution in [-0.2, 0) is 35.6 Å². The number of nitrogens with one attached hydrogen (secondary N) is 2. The van der Waals surface area contributed by atoms with Gasteiger partial charge in [-0.25, -0.2) is 32.3 Å². The van der Waals surface area contributed by atoms with Gasteiger partial charge in [0.1, 0.15) is 11.6 Å². The van der Waals surface area contributed by atoms with Crippen molar-refractivity contribution in [2.24, 2.45) is 0 Å². The third-order valence-electron chi connectivity index (χ3n) is 13.1. The second-order valence-electron chi connectivity index (χ2n) is 16.9. The van der Waals surface area contributed by atoms with Crippen molar-refractivity contribution in [2.75, 3.05) is 60.9 Å². The first kappa shape index (κ1) is 41.8. The molecule has 3 saturated heterocycles. The van der Waals surface area contributed by atoms with Gasteiger partial charge >= 0.3 is 6.03 Å². The summed E-state index contributed by atoms with van der Waals surface area (Å²) in [7, 11) is 0. The third kappa shape index (κ3) is 7.89. The molecule has 5 aliphatic rings. The number of carbonyl (C=O) groups excluding carboxylic acids is 4. The SMILES string of the molecule is O=C1CCN(c2ccc(CN3CCN(C4CCN(c5ccc(-c6cc(F)c7c(c6)C(=O)N(C(C(=O)Nc6nccs6)c6ncn8c6CCC8)C7)cc5)CC4(F)F)CC3)c(F)c2)C(=O)N1. The van der Waals surface area contributed by atoms with Crippen molar-refractivity contribution >= 4 is 51.6 Å². The molecule has 2 aromatic heterocycles. The van der Waals surface area contributed by atoms with Crippen LogP contribution in [0.1, 0.15) is 58.2 Å². The number of imide groups is 1. The molecule has 14 nitrogen and oxygen atoms in total. The molecule has 3 aromatic carbocycles. The van der Waals surface area contributed by atoms with Crippen molar-refractivity contribution < 1.29 is 36.7 Å². The molecule has 0 radical (unpaired) electrons. The molecular formula is C45H44F4N10O4S. The number of fused-ring (bicyclic) bond motifs is 2. The molecule has 0 bridgehead atoms. The van der Waals surface area contributed by atoms with Crippen LogP contribution in [0.15, 0.2) is 72.5 Å². The van der Waals surface area contributed by atoms with Gasteiger partial charge in [-0.2, -0.15) is 0 Å². The molecular weight excluding hydrogens is 853 g/mol. The topological polar surface area (TPSA) is 139 Å². The number of alkyl halides is 2. The molecule has 0 saturated carbocycles. The number of benzene rings is 3. The number of hydrogen-bond acceptors (Lipinski definition) is 10. The number of anilines is 3. The summed E-state index contributed by atoms with van der Waals surface area (Å²) in [4.78, 5) is 68.6. The highest BCUT2D eigenvalue weighted by Gasteiger charge is 2.48. The number of aromatic nitrogens is 3. The first-order chi connectivity index (χ1) is 30.9. The molecule has 5 aromatic rings. The van der Waals surface area contributed by atoms with Crippen LogP contribution in [0.3, 0.4) is 0 Å². The average Bonchev–Trinajstić information content (AvgIpc) is 4.10. The molecule has 64 heavy (non-hydrogen) atoms. The van der Waals surface area contributed by atoms with Gasteiger partial charge in [-0.05, 0) is 66.8 Å². The van der Waals surface area contributed by atoms with E-state index < -0.39 is 54.0 Å². The van der Waals surface area contributed by atoms with E-state index in [9.17, 15) is 19.2 Å². The standard InChI is InChI=1S/C45H44F4N10O4S/c46-34-22-31(58-14-10-38(60)52-44(58)63)8-5-28(34)23-54-15-17-55(18-16-54)37-9-13-56(25-45(37,48)49)30-6-3-27(4-7-30)29-20-32-33(35(47)21-29)24-59(42(32)62)40(41(61)53-43-50-11-19-64-43)39-36-2-1-12-57(36)26-51-39/h3-8,11,19-22,26,37,40H,1-2,9-10,12-18,23-25H2,(H,50,53,61)(H,52,60,63). The average molecular weight is 897 g/mol. The van der Waals surface area contributed by atoms with Crippen LogP contribution in [0.25, 0.3) is 11.1 Å². The summed E-state index contributed by atoms with van der Waals surface area (Å²) >= 11 is 1.25. The Kier molecular flexibility index (Phi) is 10.9. The van der Waals surface area contributed by atoms with Crippen LogP contribution in [-0.4, -0.2) is 111 Å². The molecule has 5 amide bonds. The van der Waals surface area contributed by atoms with Crippen LogP contribution in [0.5, 0.6) is 0 Å². The zero-order chi connectivity index (χ0) is 44.3. The Morgan fingerprint density at radius 1 is 0.891 bits per heavy atom. The van der Waals surface area contributed by atoms with E-state index in [-0.39, 0.29) is 43.0 Å². The minimum absolute atomic E-state index is 0.121. The molecule has 3 fully saturated rings. The number of thiazole rings is 1. The molecule has 0 spiro atoms. The Balaban J connectivity index is 0.771. The van der Waals surface area contributed by atoms with Crippen molar-refractivity contribution in [3.05, 3.63) is 112 Å². The summed E-state index contributed by atoms with van der Waals surface area (Å²) in [5, 5.41) is 7.14. The minimum Gasteiger partial charge on any atom is -0.365 e. The molecule has 0 aliphatic carbocycles. The zero-order valence-corrected chi connectivity index (χ0v) is 35.4. The largest absolute Gasteiger partial charge is 0.365 e. The highest BCUT2D eigenvalue weighted by Crippen LogP contribution is 2.39. The fourth-order valence-electron chi connectivity index (χ4n) is 9.75. The number of piperazine rings is 1. The number of halogens is 4. The fourth-order valence-corrected chi connectivity index (χ4v) is 10.3. The lowest BCUT2D eigenvalue weighted by molar-refractivity contribution is -0.121. The number of imidazole rings is 1. The molecule has 7 heterocycles. The molecule has 332 valence electrons. The van der Waals surface area contributed by atoms with E-state index in [1.807, 2.05) is 14.4 Å². The number of carbonyl (C=O) groups is 4. The van der Waals surface area contributed by atoms with Crippen molar-refractivity contribution in [3.8, 4) is 11.1 Å². The summed E-state index contributed by atoms with van der Waals surface area (Å²) in [6.45, 7) is 2.79. The van der Waals surface area contributed by atoms with E-state index in [2.05, 4.69) is 20.6 Å². The van der Waals surface area contributed by atoms with E-state index in [0.717, 1.165) is 18.7 Å². The monoisotopic (exact) mass is 896 g/mol. The Morgan fingerprint density at radius 2 is 1.69 bits per heavy atom. The van der Waals surface area contributed by atoms with E-state index in [4.69, 9.17) is 0 Å². The highest BCUT2D eigenvalue weighted by atomic mass is 32.1. The maximum absolute atomic E-state index is 16.0. The van der Waals surface area contributed by atoms with Gasteiger partial charge < -0.3 is 14.4 Å².